The number of nitrogens with zero attached hydrogens (tertiary/aromatic N) is 1. The molecule has 1 aliphatic carbocycles. The SMILES string of the molecule is CCCOCCN(CCCl)C1CCCC1. The molecule has 90 valence electrons. The normalized spacial score (nSPS) is 17.8. The molecule has 0 heterocycles. The summed E-state index contributed by atoms with van der Waals surface area (Å²) in [6, 6.07) is 0.772. The van der Waals surface area contributed by atoms with Gasteiger partial charge in [-0.15, -0.1) is 11.6 Å². The van der Waals surface area contributed by atoms with Gasteiger partial charge in [-0.2, -0.15) is 0 Å². The van der Waals surface area contributed by atoms with Gasteiger partial charge in [-0.05, 0) is 19.3 Å². The third kappa shape index (κ3) is 5.19. The minimum Gasteiger partial charge on any atom is -0.380 e. The van der Waals surface area contributed by atoms with Crippen LogP contribution in [0.4, 0.5) is 0 Å². The van der Waals surface area contributed by atoms with E-state index in [0.29, 0.717) is 0 Å². The maximum absolute atomic E-state index is 5.83. The monoisotopic (exact) mass is 233 g/mol. The van der Waals surface area contributed by atoms with Crippen LogP contribution in [0.2, 0.25) is 0 Å². The van der Waals surface area contributed by atoms with Crippen molar-refractivity contribution in [3.63, 3.8) is 0 Å². The Kier molecular flexibility index (Phi) is 7.41. The molecule has 1 rings (SSSR count). The summed E-state index contributed by atoms with van der Waals surface area (Å²) >= 11 is 5.83. The van der Waals surface area contributed by atoms with Crippen LogP contribution in [0.5, 0.6) is 0 Å². The smallest absolute Gasteiger partial charge is 0.0593 e. The Bertz CT molecular complexity index is 149. The average molecular weight is 234 g/mol. The molecule has 0 unspecified atom stereocenters. The molecule has 0 saturated heterocycles. The number of ether oxygens (including phenoxy) is 1. The standard InChI is InChI=1S/C12H24ClNO/c1-2-10-15-11-9-14(8-7-13)12-5-3-4-6-12/h12H,2-11H2,1H3. The highest BCUT2D eigenvalue weighted by Crippen LogP contribution is 2.23. The highest BCUT2D eigenvalue weighted by molar-refractivity contribution is 6.18. The molecule has 2 nitrogen and oxygen atoms in total. The van der Waals surface area contributed by atoms with Gasteiger partial charge in [-0.1, -0.05) is 19.8 Å². The van der Waals surface area contributed by atoms with Crippen LogP contribution in [0, 0.1) is 0 Å². The van der Waals surface area contributed by atoms with E-state index in [1.54, 1.807) is 0 Å². The summed E-state index contributed by atoms with van der Waals surface area (Å²) in [4.78, 5) is 2.51. The first-order valence-electron chi connectivity index (χ1n) is 6.26. The topological polar surface area (TPSA) is 12.5 Å². The summed E-state index contributed by atoms with van der Waals surface area (Å²) in [6.07, 6.45) is 6.59. The van der Waals surface area contributed by atoms with Crippen molar-refractivity contribution in [2.24, 2.45) is 0 Å². The van der Waals surface area contributed by atoms with Crippen molar-refractivity contribution >= 4 is 11.6 Å². The number of hydrogen-bond acceptors (Lipinski definition) is 2. The van der Waals surface area contributed by atoms with Crippen LogP contribution in [0.15, 0.2) is 0 Å². The zero-order valence-electron chi connectivity index (χ0n) is 9.88. The highest BCUT2D eigenvalue weighted by Gasteiger charge is 2.21. The van der Waals surface area contributed by atoms with Crippen LogP contribution < -0.4 is 0 Å². The van der Waals surface area contributed by atoms with Gasteiger partial charge in [0.1, 0.15) is 0 Å². The van der Waals surface area contributed by atoms with E-state index < -0.39 is 0 Å². The predicted octanol–water partition coefficient (Wildman–Crippen LogP) is 2.90. The molecule has 1 aliphatic rings. The lowest BCUT2D eigenvalue weighted by Gasteiger charge is -2.27. The molecule has 3 heteroatoms. The fourth-order valence-corrected chi connectivity index (χ4v) is 2.50. The molecule has 0 bridgehead atoms. The fraction of sp³-hybridized carbons (Fsp3) is 1.00. The van der Waals surface area contributed by atoms with E-state index in [9.17, 15) is 0 Å². The Morgan fingerprint density at radius 3 is 2.53 bits per heavy atom. The number of rotatable bonds is 8. The maximum Gasteiger partial charge on any atom is 0.0593 e. The minimum absolute atomic E-state index is 0.740. The molecular weight excluding hydrogens is 210 g/mol. The second-order valence-corrected chi connectivity index (χ2v) is 4.65. The van der Waals surface area contributed by atoms with Gasteiger partial charge in [-0.25, -0.2) is 0 Å². The van der Waals surface area contributed by atoms with E-state index in [1.165, 1.54) is 25.7 Å². The lowest BCUT2D eigenvalue weighted by molar-refractivity contribution is 0.0906. The predicted molar refractivity (Wildman–Crippen MR) is 65.7 cm³/mol. The molecule has 0 N–H and O–H groups in total. The van der Waals surface area contributed by atoms with Crippen LogP contribution in [0.3, 0.4) is 0 Å². The fourth-order valence-electron chi connectivity index (χ4n) is 2.28. The third-order valence-electron chi connectivity index (χ3n) is 3.08. The quantitative estimate of drug-likeness (QED) is 0.472. The van der Waals surface area contributed by atoms with Gasteiger partial charge in [-0.3, -0.25) is 4.90 Å². The lowest BCUT2D eigenvalue weighted by Crippen LogP contribution is -2.37. The molecular formula is C12H24ClNO. The minimum atomic E-state index is 0.740. The van der Waals surface area contributed by atoms with Gasteiger partial charge >= 0.3 is 0 Å². The Labute approximate surface area is 98.9 Å². The summed E-state index contributed by atoms with van der Waals surface area (Å²) in [5.74, 6) is 0.740. The first-order chi connectivity index (χ1) is 7.38. The highest BCUT2D eigenvalue weighted by atomic mass is 35.5. The second kappa shape index (κ2) is 8.37. The molecule has 0 spiro atoms. The van der Waals surface area contributed by atoms with Crippen LogP contribution in [-0.2, 0) is 4.74 Å². The zero-order valence-corrected chi connectivity index (χ0v) is 10.6. The summed E-state index contributed by atoms with van der Waals surface area (Å²) in [5, 5.41) is 0. The molecule has 0 amide bonds. The van der Waals surface area contributed by atoms with Crippen molar-refractivity contribution in [1.82, 2.24) is 4.90 Å². The molecule has 0 aliphatic heterocycles. The van der Waals surface area contributed by atoms with Crippen molar-refractivity contribution in [3.05, 3.63) is 0 Å². The Morgan fingerprint density at radius 1 is 1.20 bits per heavy atom. The first kappa shape index (κ1) is 13.3. The van der Waals surface area contributed by atoms with Crippen LogP contribution >= 0.6 is 11.6 Å². The maximum atomic E-state index is 5.83. The zero-order chi connectivity index (χ0) is 10.9. The molecule has 0 aromatic rings. The Hall–Kier alpha value is 0.210. The number of alkyl halides is 1. The molecule has 0 radical (unpaired) electrons. The van der Waals surface area contributed by atoms with Crippen LogP contribution in [0.1, 0.15) is 39.0 Å². The Balaban J connectivity index is 2.17. The molecule has 0 atom stereocenters. The van der Waals surface area contributed by atoms with Crippen molar-refractivity contribution in [3.8, 4) is 0 Å². The largest absolute Gasteiger partial charge is 0.380 e. The second-order valence-electron chi connectivity index (χ2n) is 4.28. The summed E-state index contributed by atoms with van der Waals surface area (Å²) < 4.78 is 5.53. The molecule has 0 aromatic heterocycles. The van der Waals surface area contributed by atoms with E-state index >= 15 is 0 Å². The summed E-state index contributed by atoms with van der Waals surface area (Å²) in [6.45, 7) is 5.97. The van der Waals surface area contributed by atoms with E-state index in [1.807, 2.05) is 0 Å². The molecule has 1 fully saturated rings. The van der Waals surface area contributed by atoms with Crippen LogP contribution in [-0.4, -0.2) is 43.1 Å². The third-order valence-corrected chi connectivity index (χ3v) is 3.25. The summed E-state index contributed by atoms with van der Waals surface area (Å²) in [5.41, 5.74) is 0. The van der Waals surface area contributed by atoms with E-state index in [4.69, 9.17) is 16.3 Å². The van der Waals surface area contributed by atoms with Crippen molar-refractivity contribution < 1.29 is 4.74 Å². The molecule has 15 heavy (non-hydrogen) atoms. The van der Waals surface area contributed by atoms with Crippen LogP contribution in [0.25, 0.3) is 0 Å². The van der Waals surface area contributed by atoms with Gasteiger partial charge in [0, 0.05) is 31.6 Å². The van der Waals surface area contributed by atoms with Gasteiger partial charge < -0.3 is 4.74 Å². The molecule has 0 aromatic carbocycles. The van der Waals surface area contributed by atoms with Gasteiger partial charge in [0.15, 0.2) is 0 Å². The van der Waals surface area contributed by atoms with Crippen molar-refractivity contribution in [2.75, 3.05) is 32.2 Å². The average Bonchev–Trinajstić information content (AvgIpc) is 2.76. The lowest BCUT2D eigenvalue weighted by atomic mass is 10.2. The Morgan fingerprint density at radius 2 is 1.93 bits per heavy atom. The van der Waals surface area contributed by atoms with Gasteiger partial charge in [0.05, 0.1) is 6.61 Å². The molecule has 1 saturated carbocycles. The van der Waals surface area contributed by atoms with Crippen molar-refractivity contribution in [1.29, 1.82) is 0 Å². The first-order valence-corrected chi connectivity index (χ1v) is 6.79. The van der Waals surface area contributed by atoms with Gasteiger partial charge in [0.2, 0.25) is 0 Å². The van der Waals surface area contributed by atoms with Gasteiger partial charge in [0.25, 0.3) is 0 Å². The summed E-state index contributed by atoms with van der Waals surface area (Å²) in [7, 11) is 0. The number of halogens is 1. The van der Waals surface area contributed by atoms with E-state index in [0.717, 1.165) is 44.6 Å². The van der Waals surface area contributed by atoms with E-state index in [2.05, 4.69) is 11.8 Å². The van der Waals surface area contributed by atoms with E-state index in [-0.39, 0.29) is 0 Å². The van der Waals surface area contributed by atoms with Crippen molar-refractivity contribution in [2.45, 2.75) is 45.1 Å². The number of hydrogen-bond donors (Lipinski definition) is 0.